The molecule has 3 amide bonds. The number of para-hydroxylation sites is 1. The molecular weight excluding hydrogens is 527 g/mol. The van der Waals surface area contributed by atoms with Gasteiger partial charge in [-0.25, -0.2) is 4.79 Å². The number of rotatable bonds is 6. The summed E-state index contributed by atoms with van der Waals surface area (Å²) in [6.45, 7) is 0. The molecule has 158 valence electrons. The molecular formula is C21H19IN6O2S. The SMILES string of the molecule is O=C(I)NNc1ccc(NC(=O)Nc2cccc(NC(=S)Nc3ccccc3)c2)cc1. The van der Waals surface area contributed by atoms with Crippen LogP contribution in [-0.4, -0.2) is 15.1 Å². The lowest BCUT2D eigenvalue weighted by molar-refractivity contribution is 0.262. The lowest BCUT2D eigenvalue weighted by Gasteiger charge is -2.12. The Bertz CT molecular complexity index is 1060. The summed E-state index contributed by atoms with van der Waals surface area (Å²) in [7, 11) is 0. The summed E-state index contributed by atoms with van der Waals surface area (Å²) in [5.41, 5.74) is 8.72. The summed E-state index contributed by atoms with van der Waals surface area (Å²) < 4.78 is -0.229. The van der Waals surface area contributed by atoms with Crippen molar-refractivity contribution in [2.45, 2.75) is 0 Å². The van der Waals surface area contributed by atoms with Crippen LogP contribution in [0.5, 0.6) is 0 Å². The van der Waals surface area contributed by atoms with E-state index in [0.29, 0.717) is 22.2 Å². The monoisotopic (exact) mass is 546 g/mol. The highest BCUT2D eigenvalue weighted by Crippen LogP contribution is 2.17. The van der Waals surface area contributed by atoms with Crippen LogP contribution in [0.1, 0.15) is 0 Å². The molecule has 0 heterocycles. The lowest BCUT2D eigenvalue weighted by Crippen LogP contribution is -2.23. The van der Waals surface area contributed by atoms with E-state index in [1.807, 2.05) is 42.5 Å². The number of carbonyl (C=O) groups is 2. The van der Waals surface area contributed by atoms with Gasteiger partial charge in [-0.3, -0.25) is 15.6 Å². The first-order valence-electron chi connectivity index (χ1n) is 9.10. The number of amides is 3. The molecule has 0 aliphatic rings. The molecule has 10 heteroatoms. The highest BCUT2D eigenvalue weighted by Gasteiger charge is 2.05. The van der Waals surface area contributed by atoms with E-state index in [9.17, 15) is 9.59 Å². The largest absolute Gasteiger partial charge is 0.332 e. The summed E-state index contributed by atoms with van der Waals surface area (Å²) in [4.78, 5) is 23.2. The Balaban J connectivity index is 1.52. The van der Waals surface area contributed by atoms with Gasteiger partial charge in [-0.05, 0) is 66.8 Å². The van der Waals surface area contributed by atoms with Crippen LogP contribution in [0.3, 0.4) is 0 Å². The van der Waals surface area contributed by atoms with Gasteiger partial charge >= 0.3 is 6.03 Å². The minimum absolute atomic E-state index is 0.229. The first-order chi connectivity index (χ1) is 15.0. The molecule has 0 aliphatic carbocycles. The number of urea groups is 1. The van der Waals surface area contributed by atoms with E-state index in [-0.39, 0.29) is 9.95 Å². The summed E-state index contributed by atoms with van der Waals surface area (Å²) in [5.74, 6) is 0. The van der Waals surface area contributed by atoms with E-state index in [1.165, 1.54) is 0 Å². The van der Waals surface area contributed by atoms with Crippen LogP contribution in [0.4, 0.5) is 38.0 Å². The van der Waals surface area contributed by atoms with Crippen molar-refractivity contribution in [1.82, 2.24) is 5.43 Å². The van der Waals surface area contributed by atoms with Gasteiger partial charge in [0.25, 0.3) is 3.91 Å². The van der Waals surface area contributed by atoms with E-state index in [0.717, 1.165) is 11.4 Å². The fraction of sp³-hybridized carbons (Fsp3) is 0. The van der Waals surface area contributed by atoms with Crippen LogP contribution in [0, 0.1) is 0 Å². The van der Waals surface area contributed by atoms with Gasteiger partial charge < -0.3 is 21.3 Å². The average molecular weight is 546 g/mol. The van der Waals surface area contributed by atoms with Crippen LogP contribution >= 0.6 is 34.8 Å². The molecule has 0 fully saturated rings. The van der Waals surface area contributed by atoms with Gasteiger partial charge in [0.05, 0.1) is 5.69 Å². The molecule has 6 N–H and O–H groups in total. The molecule has 0 bridgehead atoms. The van der Waals surface area contributed by atoms with Crippen LogP contribution in [-0.2, 0) is 0 Å². The van der Waals surface area contributed by atoms with Crippen LogP contribution in [0.2, 0.25) is 0 Å². The molecule has 0 saturated heterocycles. The van der Waals surface area contributed by atoms with Crippen molar-refractivity contribution >= 4 is 78.3 Å². The van der Waals surface area contributed by atoms with E-state index in [1.54, 1.807) is 59.0 Å². The third kappa shape index (κ3) is 7.75. The second-order valence-electron chi connectivity index (χ2n) is 6.21. The molecule has 0 aliphatic heterocycles. The van der Waals surface area contributed by atoms with Crippen LogP contribution in [0.25, 0.3) is 0 Å². The van der Waals surface area contributed by atoms with Crippen molar-refractivity contribution < 1.29 is 9.59 Å². The number of halogens is 1. The second kappa shape index (κ2) is 11.1. The van der Waals surface area contributed by atoms with Gasteiger partial charge in [0.15, 0.2) is 5.11 Å². The zero-order valence-corrected chi connectivity index (χ0v) is 19.1. The first kappa shape index (κ1) is 22.3. The predicted octanol–water partition coefficient (Wildman–Crippen LogP) is 5.61. The van der Waals surface area contributed by atoms with Gasteiger partial charge in [0.2, 0.25) is 0 Å². The third-order valence-electron chi connectivity index (χ3n) is 3.86. The molecule has 0 atom stereocenters. The zero-order chi connectivity index (χ0) is 22.1. The fourth-order valence-electron chi connectivity index (χ4n) is 2.54. The Kier molecular flexibility index (Phi) is 8.01. The highest BCUT2D eigenvalue weighted by molar-refractivity contribution is 14.1. The first-order valence-corrected chi connectivity index (χ1v) is 10.6. The van der Waals surface area contributed by atoms with Gasteiger partial charge in [-0.15, -0.1) is 0 Å². The number of hydrazine groups is 1. The van der Waals surface area contributed by atoms with Crippen molar-refractivity contribution in [3.8, 4) is 0 Å². The van der Waals surface area contributed by atoms with E-state index < -0.39 is 0 Å². The van der Waals surface area contributed by atoms with E-state index in [2.05, 4.69) is 32.1 Å². The Morgan fingerprint density at radius 2 is 1.16 bits per heavy atom. The number of hydrogen-bond acceptors (Lipinski definition) is 4. The summed E-state index contributed by atoms with van der Waals surface area (Å²) in [5, 5.41) is 12.2. The molecule has 3 aromatic carbocycles. The third-order valence-corrected chi connectivity index (χ3v) is 4.33. The number of carbonyl (C=O) groups excluding carboxylic acids is 2. The molecule has 0 unspecified atom stereocenters. The quantitative estimate of drug-likeness (QED) is 0.0790. The number of nitrogens with one attached hydrogen (secondary N) is 6. The minimum atomic E-state index is -0.386. The summed E-state index contributed by atoms with van der Waals surface area (Å²) in [6.07, 6.45) is 0. The van der Waals surface area contributed by atoms with Crippen molar-refractivity contribution in [2.75, 3.05) is 26.7 Å². The Labute approximate surface area is 198 Å². The molecule has 8 nitrogen and oxygen atoms in total. The normalized spacial score (nSPS) is 9.84. The summed E-state index contributed by atoms with van der Waals surface area (Å²) in [6, 6.07) is 23.3. The van der Waals surface area contributed by atoms with Crippen molar-refractivity contribution in [3.63, 3.8) is 0 Å². The Morgan fingerprint density at radius 3 is 1.84 bits per heavy atom. The molecule has 3 rings (SSSR count). The maximum Gasteiger partial charge on any atom is 0.323 e. The van der Waals surface area contributed by atoms with Gasteiger partial charge in [-0.1, -0.05) is 24.3 Å². The molecule has 3 aromatic rings. The van der Waals surface area contributed by atoms with Gasteiger partial charge in [0.1, 0.15) is 0 Å². The predicted molar refractivity (Wildman–Crippen MR) is 138 cm³/mol. The molecule has 0 spiro atoms. The van der Waals surface area contributed by atoms with E-state index >= 15 is 0 Å². The Morgan fingerprint density at radius 1 is 0.645 bits per heavy atom. The average Bonchev–Trinajstić information content (AvgIpc) is 2.74. The highest BCUT2D eigenvalue weighted by atomic mass is 127. The van der Waals surface area contributed by atoms with Crippen molar-refractivity contribution in [1.29, 1.82) is 0 Å². The van der Waals surface area contributed by atoms with Gasteiger partial charge in [0, 0.05) is 45.3 Å². The molecule has 0 aromatic heterocycles. The molecule has 31 heavy (non-hydrogen) atoms. The van der Waals surface area contributed by atoms with Crippen LogP contribution in [0.15, 0.2) is 78.9 Å². The maximum absolute atomic E-state index is 12.3. The number of anilines is 5. The topological polar surface area (TPSA) is 106 Å². The summed E-state index contributed by atoms with van der Waals surface area (Å²) >= 11 is 6.95. The zero-order valence-electron chi connectivity index (χ0n) is 16.1. The van der Waals surface area contributed by atoms with Crippen molar-refractivity contribution in [2.24, 2.45) is 0 Å². The molecule has 0 saturated carbocycles. The second-order valence-corrected chi connectivity index (χ2v) is 7.59. The van der Waals surface area contributed by atoms with Crippen LogP contribution < -0.4 is 32.1 Å². The molecule has 0 radical (unpaired) electrons. The van der Waals surface area contributed by atoms with Gasteiger partial charge in [-0.2, -0.15) is 0 Å². The van der Waals surface area contributed by atoms with E-state index in [4.69, 9.17) is 12.2 Å². The lowest BCUT2D eigenvalue weighted by atomic mass is 10.2. The standard InChI is InChI=1S/C21H19IN6O2S/c22-19(29)28-27-16-11-9-15(10-12-16)23-20(30)24-17-7-4-8-18(13-17)26-21(31)25-14-5-2-1-3-6-14/h1-13,27H,(H,28,29)(H2,23,24,30)(H2,25,26,31). The maximum atomic E-state index is 12.3. The minimum Gasteiger partial charge on any atom is -0.332 e. The number of benzene rings is 3. The smallest absolute Gasteiger partial charge is 0.323 e. The number of thiocarbonyl (C=S) groups is 1. The number of hydrogen-bond donors (Lipinski definition) is 6. The fourth-order valence-corrected chi connectivity index (χ4v) is 2.91. The van der Waals surface area contributed by atoms with Crippen molar-refractivity contribution in [3.05, 3.63) is 78.9 Å². The Hall–Kier alpha value is -3.38.